The number of anilines is 1. The number of hydrogen-bond acceptors (Lipinski definition) is 5. The van der Waals surface area contributed by atoms with E-state index in [1.165, 1.54) is 23.3 Å². The molecule has 2 aliphatic heterocycles. The highest BCUT2D eigenvalue weighted by Gasteiger charge is 2.37. The van der Waals surface area contributed by atoms with Gasteiger partial charge >= 0.3 is 0 Å². The van der Waals surface area contributed by atoms with Crippen LogP contribution in [-0.2, 0) is 10.0 Å². The van der Waals surface area contributed by atoms with Gasteiger partial charge in [-0.1, -0.05) is 0 Å². The lowest BCUT2D eigenvalue weighted by atomic mass is 10.2. The fraction of sp³-hybridized carbons (Fsp3) is 0.615. The zero-order valence-corrected chi connectivity index (χ0v) is 12.2. The van der Waals surface area contributed by atoms with Gasteiger partial charge in [-0.3, -0.25) is 4.90 Å². The molecule has 0 bridgehead atoms. The number of likely N-dealkylation sites (tertiary alicyclic amines) is 1. The molecule has 3 heterocycles. The molecule has 0 radical (unpaired) electrons. The van der Waals surface area contributed by atoms with Gasteiger partial charge in [0.2, 0.25) is 0 Å². The molecule has 2 aliphatic rings. The number of aromatic nitrogens is 1. The molecule has 1 atom stereocenters. The minimum Gasteiger partial charge on any atom is -0.396 e. The summed E-state index contributed by atoms with van der Waals surface area (Å²) in [6.45, 7) is 3.28. The van der Waals surface area contributed by atoms with Gasteiger partial charge in [-0.05, 0) is 44.5 Å². The summed E-state index contributed by atoms with van der Waals surface area (Å²) < 4.78 is 26.7. The predicted octanol–water partition coefficient (Wildman–Crippen LogP) is 0.523. The molecule has 7 heteroatoms. The minimum atomic E-state index is -3.56. The summed E-state index contributed by atoms with van der Waals surface area (Å²) in [5, 5.41) is -0.0120. The van der Waals surface area contributed by atoms with Crippen molar-refractivity contribution in [3.63, 3.8) is 0 Å². The van der Waals surface area contributed by atoms with Crippen molar-refractivity contribution in [2.24, 2.45) is 0 Å². The van der Waals surface area contributed by atoms with Crippen molar-refractivity contribution in [1.29, 1.82) is 0 Å². The van der Waals surface area contributed by atoms with E-state index in [0.29, 0.717) is 19.1 Å². The normalized spacial score (nSPS) is 25.3. The monoisotopic (exact) mass is 296 g/mol. The maximum atomic E-state index is 12.6. The molecule has 1 unspecified atom stereocenters. The van der Waals surface area contributed by atoms with E-state index in [0.717, 1.165) is 19.5 Å². The molecule has 0 aliphatic carbocycles. The average molecular weight is 296 g/mol. The van der Waals surface area contributed by atoms with Crippen LogP contribution in [0.3, 0.4) is 0 Å². The Morgan fingerprint density at radius 1 is 1.25 bits per heavy atom. The van der Waals surface area contributed by atoms with Gasteiger partial charge in [0.25, 0.3) is 10.0 Å². The lowest BCUT2D eigenvalue weighted by molar-refractivity contribution is 0.251. The Morgan fingerprint density at radius 2 is 2.00 bits per heavy atom. The van der Waals surface area contributed by atoms with E-state index in [9.17, 15) is 8.42 Å². The molecule has 110 valence electrons. The van der Waals surface area contributed by atoms with Gasteiger partial charge in [0.15, 0.2) is 5.03 Å². The molecule has 0 aromatic carbocycles. The number of nitrogens with two attached hydrogens (primary N) is 1. The van der Waals surface area contributed by atoms with Gasteiger partial charge in [-0.15, -0.1) is 0 Å². The predicted molar refractivity (Wildman–Crippen MR) is 76.6 cm³/mol. The summed E-state index contributed by atoms with van der Waals surface area (Å²) in [4.78, 5) is 6.35. The summed E-state index contributed by atoms with van der Waals surface area (Å²) in [6.07, 6.45) is 4.80. The Kier molecular flexibility index (Phi) is 3.66. The summed E-state index contributed by atoms with van der Waals surface area (Å²) in [5.74, 6) is 0. The van der Waals surface area contributed by atoms with Crippen molar-refractivity contribution in [3.05, 3.63) is 18.3 Å². The Balaban J connectivity index is 1.78. The molecule has 20 heavy (non-hydrogen) atoms. The highest BCUT2D eigenvalue weighted by Crippen LogP contribution is 2.26. The largest absolute Gasteiger partial charge is 0.396 e. The number of sulfonamides is 1. The van der Waals surface area contributed by atoms with Crippen LogP contribution in [0.25, 0.3) is 0 Å². The Morgan fingerprint density at radius 3 is 2.70 bits per heavy atom. The van der Waals surface area contributed by atoms with E-state index in [1.54, 1.807) is 12.1 Å². The Bertz CT molecular complexity index is 584. The molecule has 0 spiro atoms. The van der Waals surface area contributed by atoms with Crippen molar-refractivity contribution in [2.45, 2.75) is 30.3 Å². The van der Waals surface area contributed by atoms with E-state index in [2.05, 4.69) is 9.88 Å². The quantitative estimate of drug-likeness (QED) is 0.880. The smallest absolute Gasteiger partial charge is 0.262 e. The van der Waals surface area contributed by atoms with Crippen LogP contribution < -0.4 is 5.73 Å². The zero-order valence-electron chi connectivity index (χ0n) is 11.4. The molecule has 2 fully saturated rings. The van der Waals surface area contributed by atoms with Crippen LogP contribution in [0.1, 0.15) is 19.3 Å². The van der Waals surface area contributed by atoms with Crippen molar-refractivity contribution >= 4 is 15.7 Å². The van der Waals surface area contributed by atoms with E-state index in [-0.39, 0.29) is 10.7 Å². The maximum absolute atomic E-state index is 12.6. The van der Waals surface area contributed by atoms with E-state index in [1.807, 2.05) is 0 Å². The van der Waals surface area contributed by atoms with E-state index in [4.69, 9.17) is 5.73 Å². The van der Waals surface area contributed by atoms with Gasteiger partial charge in [0.1, 0.15) is 0 Å². The van der Waals surface area contributed by atoms with Gasteiger partial charge < -0.3 is 5.73 Å². The maximum Gasteiger partial charge on any atom is 0.262 e. The van der Waals surface area contributed by atoms with Crippen LogP contribution in [-0.4, -0.2) is 54.8 Å². The summed E-state index contributed by atoms with van der Waals surface area (Å²) >= 11 is 0. The summed E-state index contributed by atoms with van der Waals surface area (Å²) in [5.41, 5.74) is 5.97. The minimum absolute atomic E-state index is 0.0120. The van der Waals surface area contributed by atoms with Crippen LogP contribution in [0.2, 0.25) is 0 Å². The third-order valence-electron chi connectivity index (χ3n) is 4.17. The molecule has 0 amide bonds. The standard InChI is InChI=1S/C13H20N4O2S/c14-12-4-3-6-15-13(12)20(18,19)17-9-5-11(10-17)16-7-1-2-8-16/h3-4,6,11H,1-2,5,7-10,14H2. The van der Waals surface area contributed by atoms with Gasteiger partial charge in [-0.2, -0.15) is 4.31 Å². The van der Waals surface area contributed by atoms with Crippen LogP contribution in [0.4, 0.5) is 5.69 Å². The third kappa shape index (κ3) is 2.41. The van der Waals surface area contributed by atoms with Gasteiger partial charge in [0.05, 0.1) is 5.69 Å². The first kappa shape index (κ1) is 13.8. The Hall–Kier alpha value is -1.18. The van der Waals surface area contributed by atoms with Crippen LogP contribution in [0.5, 0.6) is 0 Å². The second-order valence-corrected chi connectivity index (χ2v) is 7.30. The average Bonchev–Trinajstić information content (AvgIpc) is 3.10. The topological polar surface area (TPSA) is 79.5 Å². The number of nitrogens with zero attached hydrogens (tertiary/aromatic N) is 3. The first-order valence-electron chi connectivity index (χ1n) is 7.04. The van der Waals surface area contributed by atoms with Crippen molar-refractivity contribution < 1.29 is 8.42 Å². The van der Waals surface area contributed by atoms with Gasteiger partial charge in [-0.25, -0.2) is 13.4 Å². The van der Waals surface area contributed by atoms with Crippen molar-refractivity contribution in [2.75, 3.05) is 31.9 Å². The van der Waals surface area contributed by atoms with E-state index >= 15 is 0 Å². The number of pyridine rings is 1. The number of rotatable bonds is 3. The second kappa shape index (κ2) is 5.31. The SMILES string of the molecule is Nc1cccnc1S(=O)(=O)N1CCC(N2CCCC2)C1. The van der Waals surface area contributed by atoms with Crippen LogP contribution in [0, 0.1) is 0 Å². The fourth-order valence-electron chi connectivity index (χ4n) is 3.07. The molecule has 6 nitrogen and oxygen atoms in total. The Labute approximate surface area is 119 Å². The lowest BCUT2D eigenvalue weighted by Crippen LogP contribution is -2.37. The number of hydrogen-bond donors (Lipinski definition) is 1. The molecule has 1 aromatic heterocycles. The molecule has 2 N–H and O–H groups in total. The van der Waals surface area contributed by atoms with E-state index < -0.39 is 10.0 Å². The second-order valence-electron chi connectivity index (χ2n) is 5.45. The number of nitrogen functional groups attached to an aromatic ring is 1. The zero-order chi connectivity index (χ0) is 14.2. The molecule has 2 saturated heterocycles. The highest BCUT2D eigenvalue weighted by atomic mass is 32.2. The van der Waals surface area contributed by atoms with Gasteiger partial charge in [0, 0.05) is 25.3 Å². The van der Waals surface area contributed by atoms with Crippen molar-refractivity contribution in [3.8, 4) is 0 Å². The molecular weight excluding hydrogens is 276 g/mol. The third-order valence-corrected chi connectivity index (χ3v) is 6.01. The molecular formula is C13H20N4O2S. The molecule has 1 aromatic rings. The first-order valence-corrected chi connectivity index (χ1v) is 8.48. The lowest BCUT2D eigenvalue weighted by Gasteiger charge is -2.23. The highest BCUT2D eigenvalue weighted by molar-refractivity contribution is 7.89. The summed E-state index contributed by atoms with van der Waals surface area (Å²) in [6, 6.07) is 3.57. The first-order chi connectivity index (χ1) is 9.59. The van der Waals surface area contributed by atoms with Crippen molar-refractivity contribution in [1.82, 2.24) is 14.2 Å². The molecule has 0 saturated carbocycles. The van der Waals surface area contributed by atoms with Crippen LogP contribution >= 0.6 is 0 Å². The molecule has 3 rings (SSSR count). The van der Waals surface area contributed by atoms with Crippen LogP contribution in [0.15, 0.2) is 23.4 Å². The summed E-state index contributed by atoms with van der Waals surface area (Å²) in [7, 11) is -3.56. The fourth-order valence-corrected chi connectivity index (χ4v) is 4.59.